The van der Waals surface area contributed by atoms with Crippen LogP contribution in [0.25, 0.3) is 0 Å². The summed E-state index contributed by atoms with van der Waals surface area (Å²) in [7, 11) is 1.73. The predicted octanol–water partition coefficient (Wildman–Crippen LogP) is 2.22. The van der Waals surface area contributed by atoms with Crippen molar-refractivity contribution in [3.8, 4) is 0 Å². The standard InChI is InChI=1S/C12H17N3/c1-3-7-11(13)15-12(14-2)10-8-5-4-6-9-10/h4-6,8-9H,3,7H2,1-2H3,(H2,13,14,15). The molecule has 0 atom stereocenters. The summed E-state index contributed by atoms with van der Waals surface area (Å²) in [5, 5.41) is 0. The molecule has 0 saturated carbocycles. The average molecular weight is 203 g/mol. The topological polar surface area (TPSA) is 50.7 Å². The molecular weight excluding hydrogens is 186 g/mol. The Balaban J connectivity index is 2.88. The predicted molar refractivity (Wildman–Crippen MR) is 65.4 cm³/mol. The number of hydrogen-bond donors (Lipinski definition) is 1. The summed E-state index contributed by atoms with van der Waals surface area (Å²) in [6.45, 7) is 2.08. The van der Waals surface area contributed by atoms with E-state index in [9.17, 15) is 0 Å². The third-order valence-electron chi connectivity index (χ3n) is 2.00. The zero-order valence-electron chi connectivity index (χ0n) is 9.27. The summed E-state index contributed by atoms with van der Waals surface area (Å²) in [6.07, 6.45) is 1.81. The van der Waals surface area contributed by atoms with Gasteiger partial charge in [0.1, 0.15) is 5.84 Å². The molecule has 0 heterocycles. The van der Waals surface area contributed by atoms with Gasteiger partial charge in [-0.25, -0.2) is 4.99 Å². The lowest BCUT2D eigenvalue weighted by Gasteiger charge is -2.02. The molecule has 1 rings (SSSR count). The van der Waals surface area contributed by atoms with Crippen LogP contribution in [0.5, 0.6) is 0 Å². The molecule has 3 nitrogen and oxygen atoms in total. The first-order valence-corrected chi connectivity index (χ1v) is 5.13. The normalized spacial score (nSPS) is 12.9. The molecule has 0 bridgehead atoms. The van der Waals surface area contributed by atoms with Gasteiger partial charge in [-0.3, -0.25) is 4.99 Å². The Hall–Kier alpha value is -1.64. The van der Waals surface area contributed by atoms with Crippen LogP contribution in [-0.4, -0.2) is 18.7 Å². The first-order chi connectivity index (χ1) is 7.27. The number of hydrogen-bond acceptors (Lipinski definition) is 1. The maximum atomic E-state index is 5.77. The van der Waals surface area contributed by atoms with Gasteiger partial charge in [-0.2, -0.15) is 0 Å². The second-order valence-corrected chi connectivity index (χ2v) is 3.27. The molecule has 0 unspecified atom stereocenters. The van der Waals surface area contributed by atoms with Crippen LogP contribution in [-0.2, 0) is 0 Å². The van der Waals surface area contributed by atoms with E-state index in [0.717, 1.165) is 18.4 Å². The van der Waals surface area contributed by atoms with Crippen LogP contribution in [0.4, 0.5) is 0 Å². The molecule has 80 valence electrons. The van der Waals surface area contributed by atoms with E-state index < -0.39 is 0 Å². The van der Waals surface area contributed by atoms with Gasteiger partial charge >= 0.3 is 0 Å². The number of amidine groups is 2. The fourth-order valence-corrected chi connectivity index (χ4v) is 1.28. The summed E-state index contributed by atoms with van der Waals surface area (Å²) in [4.78, 5) is 8.43. The number of rotatable bonds is 3. The zero-order valence-corrected chi connectivity index (χ0v) is 9.27. The van der Waals surface area contributed by atoms with Crippen LogP contribution in [0.1, 0.15) is 25.3 Å². The molecule has 0 amide bonds. The lowest BCUT2D eigenvalue weighted by molar-refractivity contribution is 0.984. The molecule has 1 aromatic rings. The molecule has 1 aromatic carbocycles. The third-order valence-corrected chi connectivity index (χ3v) is 2.00. The summed E-state index contributed by atoms with van der Waals surface area (Å²) in [5.74, 6) is 1.34. The minimum absolute atomic E-state index is 0.641. The third kappa shape index (κ3) is 3.54. The van der Waals surface area contributed by atoms with Crippen molar-refractivity contribution in [1.29, 1.82) is 0 Å². The van der Waals surface area contributed by atoms with Gasteiger partial charge in [0.25, 0.3) is 0 Å². The minimum atomic E-state index is 0.641. The monoisotopic (exact) mass is 203 g/mol. The Morgan fingerprint density at radius 2 is 1.93 bits per heavy atom. The Bertz CT molecular complexity index is 352. The molecule has 0 spiro atoms. The highest BCUT2D eigenvalue weighted by molar-refractivity contribution is 6.06. The fourth-order valence-electron chi connectivity index (χ4n) is 1.28. The molecule has 0 aliphatic rings. The number of benzene rings is 1. The molecule has 0 aliphatic heterocycles. The highest BCUT2D eigenvalue weighted by Gasteiger charge is 2.00. The van der Waals surface area contributed by atoms with Crippen LogP contribution in [0.15, 0.2) is 40.3 Å². The molecule has 3 heteroatoms. The number of nitrogens with two attached hydrogens (primary N) is 1. The van der Waals surface area contributed by atoms with Crippen molar-refractivity contribution in [3.05, 3.63) is 35.9 Å². The van der Waals surface area contributed by atoms with Crippen molar-refractivity contribution in [2.75, 3.05) is 7.05 Å². The largest absolute Gasteiger partial charge is 0.387 e. The van der Waals surface area contributed by atoms with Crippen molar-refractivity contribution in [3.63, 3.8) is 0 Å². The summed E-state index contributed by atoms with van der Waals surface area (Å²) in [5.41, 5.74) is 6.77. The first-order valence-electron chi connectivity index (χ1n) is 5.13. The van der Waals surface area contributed by atoms with Gasteiger partial charge in [-0.1, -0.05) is 37.3 Å². The SMILES string of the molecule is CCCC(N)=NC(=NC)c1ccccc1. The molecular formula is C12H17N3. The maximum absolute atomic E-state index is 5.77. The van der Waals surface area contributed by atoms with E-state index in [1.807, 2.05) is 30.3 Å². The highest BCUT2D eigenvalue weighted by Crippen LogP contribution is 2.02. The van der Waals surface area contributed by atoms with Gasteiger partial charge in [0, 0.05) is 19.0 Å². The Morgan fingerprint density at radius 1 is 1.27 bits per heavy atom. The first kappa shape index (κ1) is 11.4. The maximum Gasteiger partial charge on any atom is 0.156 e. The van der Waals surface area contributed by atoms with Crippen molar-refractivity contribution in [2.45, 2.75) is 19.8 Å². The quantitative estimate of drug-likeness (QED) is 0.594. The van der Waals surface area contributed by atoms with Gasteiger partial charge in [-0.15, -0.1) is 0 Å². The summed E-state index contributed by atoms with van der Waals surface area (Å²) < 4.78 is 0. The highest BCUT2D eigenvalue weighted by atomic mass is 14.9. The smallest absolute Gasteiger partial charge is 0.156 e. The molecule has 0 radical (unpaired) electrons. The van der Waals surface area contributed by atoms with Crippen LogP contribution in [0, 0.1) is 0 Å². The van der Waals surface area contributed by atoms with Gasteiger partial charge in [0.05, 0.1) is 0 Å². The summed E-state index contributed by atoms with van der Waals surface area (Å²) in [6, 6.07) is 9.85. The van der Waals surface area contributed by atoms with E-state index in [4.69, 9.17) is 5.73 Å². The lowest BCUT2D eigenvalue weighted by atomic mass is 10.2. The van der Waals surface area contributed by atoms with Crippen LogP contribution in [0.3, 0.4) is 0 Å². The molecule has 0 saturated heterocycles. The van der Waals surface area contributed by atoms with Crippen LogP contribution < -0.4 is 5.73 Å². The summed E-state index contributed by atoms with van der Waals surface area (Å²) >= 11 is 0. The van der Waals surface area contributed by atoms with Crippen molar-refractivity contribution >= 4 is 11.7 Å². The fraction of sp³-hybridized carbons (Fsp3) is 0.333. The van der Waals surface area contributed by atoms with E-state index >= 15 is 0 Å². The van der Waals surface area contributed by atoms with Crippen molar-refractivity contribution < 1.29 is 0 Å². The molecule has 0 fully saturated rings. The Morgan fingerprint density at radius 3 is 2.47 bits per heavy atom. The Kier molecular flexibility index (Phi) is 4.54. The van der Waals surface area contributed by atoms with E-state index in [2.05, 4.69) is 16.9 Å². The minimum Gasteiger partial charge on any atom is -0.387 e. The van der Waals surface area contributed by atoms with Crippen molar-refractivity contribution in [1.82, 2.24) is 0 Å². The molecule has 0 aromatic heterocycles. The van der Waals surface area contributed by atoms with Crippen molar-refractivity contribution in [2.24, 2.45) is 15.7 Å². The Labute approximate surface area is 90.8 Å². The second kappa shape index (κ2) is 5.96. The molecule has 2 N–H and O–H groups in total. The number of nitrogens with zero attached hydrogens (tertiary/aromatic N) is 2. The van der Waals surface area contributed by atoms with Gasteiger partial charge in [0.15, 0.2) is 5.84 Å². The van der Waals surface area contributed by atoms with Gasteiger partial charge in [0.2, 0.25) is 0 Å². The van der Waals surface area contributed by atoms with E-state index in [-0.39, 0.29) is 0 Å². The van der Waals surface area contributed by atoms with E-state index in [1.54, 1.807) is 7.05 Å². The van der Waals surface area contributed by atoms with E-state index in [1.165, 1.54) is 0 Å². The van der Waals surface area contributed by atoms with Gasteiger partial charge < -0.3 is 5.73 Å². The van der Waals surface area contributed by atoms with Crippen LogP contribution >= 0.6 is 0 Å². The average Bonchev–Trinajstić information content (AvgIpc) is 2.27. The number of aliphatic imine (C=N–C) groups is 2. The van der Waals surface area contributed by atoms with Crippen LogP contribution in [0.2, 0.25) is 0 Å². The molecule has 0 aliphatic carbocycles. The zero-order chi connectivity index (χ0) is 11.1. The lowest BCUT2D eigenvalue weighted by Crippen LogP contribution is -2.14. The van der Waals surface area contributed by atoms with Gasteiger partial charge in [-0.05, 0) is 6.42 Å². The van der Waals surface area contributed by atoms with E-state index in [0.29, 0.717) is 11.7 Å². The second-order valence-electron chi connectivity index (χ2n) is 3.27. The molecule has 15 heavy (non-hydrogen) atoms.